The van der Waals surface area contributed by atoms with E-state index in [9.17, 15) is 0 Å². The molecular weight excluding hydrogens is 332 g/mol. The molecule has 0 radical (unpaired) electrons. The minimum atomic E-state index is 0.624. The summed E-state index contributed by atoms with van der Waals surface area (Å²) in [6.45, 7) is 0.715. The Morgan fingerprint density at radius 1 is 1.12 bits per heavy atom. The number of aromatic nitrogens is 5. The van der Waals surface area contributed by atoms with Crippen molar-refractivity contribution < 1.29 is 0 Å². The molecule has 0 atom stereocenters. The van der Waals surface area contributed by atoms with Gasteiger partial charge in [0.05, 0.1) is 23.0 Å². The number of nitrogens with one attached hydrogen (secondary N) is 1. The Morgan fingerprint density at radius 2 is 2.00 bits per heavy atom. The van der Waals surface area contributed by atoms with Gasteiger partial charge in [-0.2, -0.15) is 0 Å². The van der Waals surface area contributed by atoms with Crippen LogP contribution in [0.4, 0.5) is 5.82 Å². The van der Waals surface area contributed by atoms with E-state index in [2.05, 4.69) is 49.9 Å². The first kappa shape index (κ1) is 14.5. The summed E-state index contributed by atoms with van der Waals surface area (Å²) in [6.07, 6.45) is 6.12. The Labute approximate surface area is 148 Å². The molecule has 1 fully saturated rings. The van der Waals surface area contributed by atoms with Crippen LogP contribution >= 0.6 is 11.3 Å². The van der Waals surface area contributed by atoms with Crippen LogP contribution < -0.4 is 5.32 Å². The number of hydrogen-bond donors (Lipinski definition) is 1. The number of anilines is 1. The predicted octanol–water partition coefficient (Wildman–Crippen LogP) is 3.76. The van der Waals surface area contributed by atoms with Crippen LogP contribution in [0.2, 0.25) is 0 Å². The lowest BCUT2D eigenvalue weighted by atomic mass is 10.2. The lowest BCUT2D eigenvalue weighted by molar-refractivity contribution is 0.796. The lowest BCUT2D eigenvalue weighted by Crippen LogP contribution is -2.02. The van der Waals surface area contributed by atoms with Gasteiger partial charge >= 0.3 is 0 Å². The largest absolute Gasteiger partial charge is 0.365 e. The second-order valence-corrected chi connectivity index (χ2v) is 7.14. The fourth-order valence-corrected chi connectivity index (χ4v) is 3.59. The van der Waals surface area contributed by atoms with Crippen molar-refractivity contribution in [3.63, 3.8) is 0 Å². The molecule has 1 aromatic carbocycles. The first-order valence-corrected chi connectivity index (χ1v) is 9.18. The molecule has 1 N–H and O–H groups in total. The zero-order valence-corrected chi connectivity index (χ0v) is 14.3. The summed E-state index contributed by atoms with van der Waals surface area (Å²) in [5, 5.41) is 15.0. The van der Waals surface area contributed by atoms with Gasteiger partial charge in [0.2, 0.25) is 0 Å². The molecule has 0 saturated heterocycles. The molecule has 3 aromatic heterocycles. The molecule has 124 valence electrons. The molecule has 5 rings (SSSR count). The third-order valence-corrected chi connectivity index (χ3v) is 5.25. The summed E-state index contributed by atoms with van der Waals surface area (Å²) < 4.78 is 1.85. The molecule has 0 amide bonds. The molecule has 0 unspecified atom stereocenters. The SMILES string of the molecule is c1nc(NCc2ccc(-n3cc(C4CC4)nn3)cc2)c2ccsc2n1. The smallest absolute Gasteiger partial charge is 0.138 e. The maximum absolute atomic E-state index is 4.35. The van der Waals surface area contributed by atoms with E-state index >= 15 is 0 Å². The molecule has 25 heavy (non-hydrogen) atoms. The number of nitrogens with zero attached hydrogens (tertiary/aromatic N) is 5. The molecule has 0 spiro atoms. The quantitative estimate of drug-likeness (QED) is 0.595. The van der Waals surface area contributed by atoms with Crippen molar-refractivity contribution in [2.45, 2.75) is 25.3 Å². The average molecular weight is 348 g/mol. The van der Waals surface area contributed by atoms with Gasteiger partial charge < -0.3 is 5.32 Å². The molecule has 6 nitrogen and oxygen atoms in total. The molecule has 0 bridgehead atoms. The van der Waals surface area contributed by atoms with Crippen molar-refractivity contribution in [1.82, 2.24) is 25.0 Å². The van der Waals surface area contributed by atoms with Crippen LogP contribution in [0.25, 0.3) is 15.9 Å². The van der Waals surface area contributed by atoms with E-state index in [-0.39, 0.29) is 0 Å². The van der Waals surface area contributed by atoms with Gasteiger partial charge in [-0.1, -0.05) is 17.3 Å². The fourth-order valence-electron chi connectivity index (χ4n) is 2.85. The van der Waals surface area contributed by atoms with E-state index in [0.29, 0.717) is 12.5 Å². The molecule has 7 heteroatoms. The molecule has 1 aliphatic carbocycles. The van der Waals surface area contributed by atoms with Gasteiger partial charge in [0, 0.05) is 12.5 Å². The second kappa shape index (κ2) is 5.93. The zero-order chi connectivity index (χ0) is 16.6. The van der Waals surface area contributed by atoms with E-state index in [4.69, 9.17) is 0 Å². The highest BCUT2D eigenvalue weighted by atomic mass is 32.1. The van der Waals surface area contributed by atoms with Crippen molar-refractivity contribution in [2.24, 2.45) is 0 Å². The Hall–Kier alpha value is -2.80. The topological polar surface area (TPSA) is 68.5 Å². The average Bonchev–Trinajstić information content (AvgIpc) is 3.19. The summed E-state index contributed by atoms with van der Waals surface area (Å²) >= 11 is 1.62. The number of benzene rings is 1. The summed E-state index contributed by atoms with van der Waals surface area (Å²) in [4.78, 5) is 9.62. The molecular formula is C18H16N6S. The summed E-state index contributed by atoms with van der Waals surface area (Å²) in [5.41, 5.74) is 3.33. The van der Waals surface area contributed by atoms with Gasteiger partial charge in [-0.05, 0) is 42.0 Å². The summed E-state index contributed by atoms with van der Waals surface area (Å²) in [5.74, 6) is 1.50. The van der Waals surface area contributed by atoms with Crippen molar-refractivity contribution in [2.75, 3.05) is 5.32 Å². The number of rotatable bonds is 5. The highest BCUT2D eigenvalue weighted by molar-refractivity contribution is 7.16. The standard InChI is InChI=1S/C18H16N6S/c1-5-14(24-10-16(22-23-24)13-3-4-13)6-2-12(1)9-19-17-15-7-8-25-18(15)21-11-20-17/h1-2,5-8,10-11,13H,3-4,9H2,(H,19,20,21). The van der Waals surface area contributed by atoms with Gasteiger partial charge in [0.25, 0.3) is 0 Å². The molecule has 4 aromatic rings. The van der Waals surface area contributed by atoms with Gasteiger partial charge in [0.1, 0.15) is 17.0 Å². The maximum atomic E-state index is 4.35. The van der Waals surface area contributed by atoms with E-state index in [1.165, 1.54) is 18.4 Å². The third-order valence-electron chi connectivity index (χ3n) is 4.43. The zero-order valence-electron chi connectivity index (χ0n) is 13.5. The Kier molecular flexibility index (Phi) is 3.45. The van der Waals surface area contributed by atoms with Gasteiger partial charge in [-0.3, -0.25) is 0 Å². The fraction of sp³-hybridized carbons (Fsp3) is 0.222. The van der Waals surface area contributed by atoms with Gasteiger partial charge in [-0.15, -0.1) is 16.4 Å². The molecule has 1 saturated carbocycles. The van der Waals surface area contributed by atoms with Crippen molar-refractivity contribution in [3.8, 4) is 5.69 Å². The van der Waals surface area contributed by atoms with E-state index in [1.807, 2.05) is 22.3 Å². The maximum Gasteiger partial charge on any atom is 0.138 e. The minimum Gasteiger partial charge on any atom is -0.365 e. The van der Waals surface area contributed by atoms with Crippen LogP contribution in [0.5, 0.6) is 0 Å². The summed E-state index contributed by atoms with van der Waals surface area (Å²) in [6, 6.07) is 10.4. The first-order valence-electron chi connectivity index (χ1n) is 8.30. The summed E-state index contributed by atoms with van der Waals surface area (Å²) in [7, 11) is 0. The Balaban J connectivity index is 1.30. The highest BCUT2D eigenvalue weighted by Gasteiger charge is 2.26. The molecule has 1 aliphatic rings. The van der Waals surface area contributed by atoms with Gasteiger partial charge in [0.15, 0.2) is 0 Å². The number of fused-ring (bicyclic) bond motifs is 1. The van der Waals surface area contributed by atoms with Crippen LogP contribution in [0, 0.1) is 0 Å². The molecule has 3 heterocycles. The highest BCUT2D eigenvalue weighted by Crippen LogP contribution is 2.38. The first-order chi connectivity index (χ1) is 12.4. The lowest BCUT2D eigenvalue weighted by Gasteiger charge is -2.07. The van der Waals surface area contributed by atoms with Crippen molar-refractivity contribution in [1.29, 1.82) is 0 Å². The van der Waals surface area contributed by atoms with Gasteiger partial charge in [-0.25, -0.2) is 14.6 Å². The minimum absolute atomic E-state index is 0.624. The van der Waals surface area contributed by atoms with Crippen LogP contribution in [0.3, 0.4) is 0 Å². The van der Waals surface area contributed by atoms with Crippen LogP contribution in [-0.2, 0) is 6.54 Å². The number of hydrogen-bond acceptors (Lipinski definition) is 6. The van der Waals surface area contributed by atoms with Crippen LogP contribution in [0.1, 0.15) is 30.0 Å². The van der Waals surface area contributed by atoms with E-state index < -0.39 is 0 Å². The Morgan fingerprint density at radius 3 is 2.84 bits per heavy atom. The van der Waals surface area contributed by atoms with E-state index in [1.54, 1.807) is 17.7 Å². The second-order valence-electron chi connectivity index (χ2n) is 6.24. The van der Waals surface area contributed by atoms with E-state index in [0.717, 1.165) is 27.4 Å². The van der Waals surface area contributed by atoms with Crippen molar-refractivity contribution >= 4 is 27.4 Å². The third kappa shape index (κ3) is 2.87. The predicted molar refractivity (Wildman–Crippen MR) is 98.1 cm³/mol. The monoisotopic (exact) mass is 348 g/mol. The Bertz CT molecular complexity index is 1020. The van der Waals surface area contributed by atoms with Crippen LogP contribution in [0.15, 0.2) is 48.2 Å². The molecule has 0 aliphatic heterocycles. The van der Waals surface area contributed by atoms with Crippen LogP contribution in [-0.4, -0.2) is 25.0 Å². The normalized spacial score (nSPS) is 14.1. The van der Waals surface area contributed by atoms with Crippen molar-refractivity contribution in [3.05, 3.63) is 59.5 Å². The number of thiophene rings is 1.